The summed E-state index contributed by atoms with van der Waals surface area (Å²) in [6.07, 6.45) is 1.42. The molecule has 0 spiro atoms. The fourth-order valence-electron chi connectivity index (χ4n) is 1.44. The lowest BCUT2D eigenvalue weighted by Crippen LogP contribution is -2.06. The van der Waals surface area contributed by atoms with E-state index in [9.17, 15) is 0 Å². The molecule has 0 aliphatic heterocycles. The van der Waals surface area contributed by atoms with Gasteiger partial charge in [-0.1, -0.05) is 0 Å². The molecular formula is C11H13N3O2S. The van der Waals surface area contributed by atoms with Crippen molar-refractivity contribution in [3.63, 3.8) is 0 Å². The van der Waals surface area contributed by atoms with E-state index in [0.717, 1.165) is 11.3 Å². The molecule has 0 aliphatic rings. The van der Waals surface area contributed by atoms with E-state index in [4.69, 9.17) is 9.47 Å². The normalized spacial score (nSPS) is 10.0. The van der Waals surface area contributed by atoms with Crippen molar-refractivity contribution in [3.05, 3.63) is 28.7 Å². The Bertz CT molecular complexity index is 451. The van der Waals surface area contributed by atoms with E-state index >= 15 is 0 Å². The van der Waals surface area contributed by atoms with E-state index in [-0.39, 0.29) is 0 Å². The molecule has 0 saturated heterocycles. The van der Waals surface area contributed by atoms with Gasteiger partial charge in [0.2, 0.25) is 11.8 Å². The molecular weight excluding hydrogens is 238 g/mol. The average molecular weight is 251 g/mol. The van der Waals surface area contributed by atoms with Crippen LogP contribution >= 0.6 is 11.3 Å². The molecule has 2 aromatic heterocycles. The van der Waals surface area contributed by atoms with Gasteiger partial charge < -0.3 is 14.8 Å². The number of ether oxygens (including phenoxy) is 2. The Labute approximate surface area is 103 Å². The molecule has 5 nitrogen and oxygen atoms in total. The zero-order valence-corrected chi connectivity index (χ0v) is 10.5. The summed E-state index contributed by atoms with van der Waals surface area (Å²) in [6, 6.07) is 2.01. The maximum atomic E-state index is 5.19. The van der Waals surface area contributed by atoms with Gasteiger partial charge in [0.1, 0.15) is 6.33 Å². The number of nitrogens with one attached hydrogen (secondary N) is 1. The van der Waals surface area contributed by atoms with Gasteiger partial charge in [0, 0.05) is 11.1 Å². The van der Waals surface area contributed by atoms with E-state index in [0.29, 0.717) is 18.3 Å². The Kier molecular flexibility index (Phi) is 3.77. The number of hydrogen-bond donors (Lipinski definition) is 1. The molecule has 0 saturated carbocycles. The van der Waals surface area contributed by atoms with Gasteiger partial charge in [0.05, 0.1) is 26.3 Å². The van der Waals surface area contributed by atoms with Gasteiger partial charge in [-0.15, -0.1) is 0 Å². The van der Waals surface area contributed by atoms with Gasteiger partial charge in [-0.25, -0.2) is 9.97 Å². The largest absolute Gasteiger partial charge is 0.481 e. The van der Waals surface area contributed by atoms with E-state index in [2.05, 4.69) is 15.3 Å². The first-order valence-corrected chi connectivity index (χ1v) is 5.97. The third-order valence-corrected chi connectivity index (χ3v) is 2.93. The summed E-state index contributed by atoms with van der Waals surface area (Å²) in [5.74, 6) is 1.05. The highest BCUT2D eigenvalue weighted by Gasteiger charge is 2.12. The lowest BCUT2D eigenvalue weighted by atomic mass is 10.3. The standard InChI is InChI=1S/C11H13N3O2S/c1-15-10-9(11(16-2)14-7-13-10)5-12-8-3-4-17-6-8/h3-4,6-7,12H,5H2,1-2H3. The van der Waals surface area contributed by atoms with Crippen molar-refractivity contribution in [1.82, 2.24) is 9.97 Å². The molecule has 2 heterocycles. The molecule has 0 atom stereocenters. The topological polar surface area (TPSA) is 56.3 Å². The van der Waals surface area contributed by atoms with Crippen LogP contribution in [-0.4, -0.2) is 24.2 Å². The predicted octanol–water partition coefficient (Wildman–Crippen LogP) is 2.17. The second-order valence-electron chi connectivity index (χ2n) is 3.24. The lowest BCUT2D eigenvalue weighted by Gasteiger charge is -2.11. The Morgan fingerprint density at radius 1 is 1.24 bits per heavy atom. The maximum Gasteiger partial charge on any atom is 0.225 e. The van der Waals surface area contributed by atoms with Crippen molar-refractivity contribution in [2.75, 3.05) is 19.5 Å². The molecule has 0 radical (unpaired) electrons. The Balaban J connectivity index is 2.18. The molecule has 2 aromatic rings. The number of anilines is 1. The third kappa shape index (κ3) is 2.65. The monoisotopic (exact) mass is 251 g/mol. The first kappa shape index (κ1) is 11.7. The summed E-state index contributed by atoms with van der Waals surface area (Å²) in [5.41, 5.74) is 1.87. The fourth-order valence-corrected chi connectivity index (χ4v) is 2.05. The Hall–Kier alpha value is -1.82. The van der Waals surface area contributed by atoms with Crippen molar-refractivity contribution in [1.29, 1.82) is 0 Å². The molecule has 6 heteroatoms. The van der Waals surface area contributed by atoms with Crippen LogP contribution in [0.1, 0.15) is 5.56 Å². The van der Waals surface area contributed by atoms with Crippen LogP contribution in [-0.2, 0) is 6.54 Å². The van der Waals surface area contributed by atoms with Crippen molar-refractivity contribution in [2.45, 2.75) is 6.54 Å². The van der Waals surface area contributed by atoms with Crippen LogP contribution in [0.3, 0.4) is 0 Å². The summed E-state index contributed by atoms with van der Waals surface area (Å²) < 4.78 is 10.4. The zero-order chi connectivity index (χ0) is 12.1. The van der Waals surface area contributed by atoms with Crippen LogP contribution in [0.25, 0.3) is 0 Å². The van der Waals surface area contributed by atoms with Gasteiger partial charge >= 0.3 is 0 Å². The zero-order valence-electron chi connectivity index (χ0n) is 9.64. The van der Waals surface area contributed by atoms with E-state index in [1.165, 1.54) is 6.33 Å². The number of rotatable bonds is 5. The average Bonchev–Trinajstić information content (AvgIpc) is 2.88. The van der Waals surface area contributed by atoms with Crippen molar-refractivity contribution >= 4 is 17.0 Å². The predicted molar refractivity (Wildman–Crippen MR) is 66.8 cm³/mol. The molecule has 0 bridgehead atoms. The molecule has 0 amide bonds. The van der Waals surface area contributed by atoms with Crippen molar-refractivity contribution in [3.8, 4) is 11.8 Å². The quantitative estimate of drug-likeness (QED) is 0.882. The van der Waals surface area contributed by atoms with Gasteiger partial charge in [-0.05, 0) is 11.4 Å². The highest BCUT2D eigenvalue weighted by atomic mass is 32.1. The minimum Gasteiger partial charge on any atom is -0.481 e. The molecule has 90 valence electrons. The summed E-state index contributed by atoms with van der Waals surface area (Å²) in [7, 11) is 3.16. The first-order valence-electron chi connectivity index (χ1n) is 5.03. The Morgan fingerprint density at radius 2 is 1.94 bits per heavy atom. The van der Waals surface area contributed by atoms with Crippen LogP contribution < -0.4 is 14.8 Å². The molecule has 0 aliphatic carbocycles. The van der Waals surface area contributed by atoms with E-state index in [1.54, 1.807) is 25.6 Å². The molecule has 0 aromatic carbocycles. The molecule has 0 unspecified atom stereocenters. The van der Waals surface area contributed by atoms with Gasteiger partial charge in [0.15, 0.2) is 0 Å². The summed E-state index contributed by atoms with van der Waals surface area (Å²) in [5, 5.41) is 7.30. The smallest absolute Gasteiger partial charge is 0.225 e. The van der Waals surface area contributed by atoms with Crippen LogP contribution in [0.5, 0.6) is 11.8 Å². The van der Waals surface area contributed by atoms with Gasteiger partial charge in [-0.3, -0.25) is 0 Å². The molecule has 17 heavy (non-hydrogen) atoms. The van der Waals surface area contributed by atoms with Crippen LogP contribution in [0, 0.1) is 0 Å². The van der Waals surface area contributed by atoms with Crippen molar-refractivity contribution < 1.29 is 9.47 Å². The number of methoxy groups -OCH3 is 2. The second kappa shape index (κ2) is 5.49. The molecule has 2 rings (SSSR count). The summed E-state index contributed by atoms with van der Waals surface area (Å²) in [4.78, 5) is 8.11. The van der Waals surface area contributed by atoms with Crippen LogP contribution in [0.4, 0.5) is 5.69 Å². The fraction of sp³-hybridized carbons (Fsp3) is 0.273. The van der Waals surface area contributed by atoms with Crippen LogP contribution in [0.2, 0.25) is 0 Å². The molecule has 0 fully saturated rings. The van der Waals surface area contributed by atoms with E-state index < -0.39 is 0 Å². The first-order chi connectivity index (χ1) is 8.35. The van der Waals surface area contributed by atoms with E-state index in [1.807, 2.05) is 16.8 Å². The summed E-state index contributed by atoms with van der Waals surface area (Å²) >= 11 is 1.64. The molecule has 1 N–H and O–H groups in total. The minimum atomic E-state index is 0.527. The lowest BCUT2D eigenvalue weighted by molar-refractivity contribution is 0.363. The number of thiophene rings is 1. The Morgan fingerprint density at radius 3 is 2.47 bits per heavy atom. The second-order valence-corrected chi connectivity index (χ2v) is 4.02. The van der Waals surface area contributed by atoms with Gasteiger partial charge in [-0.2, -0.15) is 11.3 Å². The maximum absolute atomic E-state index is 5.19. The third-order valence-electron chi connectivity index (χ3n) is 2.24. The van der Waals surface area contributed by atoms with Crippen molar-refractivity contribution in [2.24, 2.45) is 0 Å². The highest BCUT2D eigenvalue weighted by Crippen LogP contribution is 2.24. The van der Waals surface area contributed by atoms with Gasteiger partial charge in [0.25, 0.3) is 0 Å². The van der Waals surface area contributed by atoms with Crippen LogP contribution in [0.15, 0.2) is 23.2 Å². The highest BCUT2D eigenvalue weighted by molar-refractivity contribution is 7.08. The minimum absolute atomic E-state index is 0.527. The number of aromatic nitrogens is 2. The SMILES string of the molecule is COc1ncnc(OC)c1CNc1ccsc1. The number of nitrogens with zero attached hydrogens (tertiary/aromatic N) is 2. The number of hydrogen-bond acceptors (Lipinski definition) is 6. The summed E-state index contributed by atoms with van der Waals surface area (Å²) in [6.45, 7) is 0.559.